The zero-order valence-electron chi connectivity index (χ0n) is 15.6. The van der Waals surface area contributed by atoms with Crippen LogP contribution < -0.4 is 0 Å². The first-order chi connectivity index (χ1) is 11.7. The smallest absolute Gasteiger partial charge is 0.329 e. The summed E-state index contributed by atoms with van der Waals surface area (Å²) in [5.74, 6) is -1.19. The van der Waals surface area contributed by atoms with Gasteiger partial charge in [-0.2, -0.15) is 4.31 Å². The number of rotatable bonds is 9. The molecule has 1 rings (SSSR count). The first-order valence-electron chi connectivity index (χ1n) is 8.71. The molecule has 1 amide bonds. The number of likely N-dealkylation sites (N-methyl/N-ethyl adjacent to an activating group) is 1. The fourth-order valence-corrected chi connectivity index (χ4v) is 3.93. The van der Waals surface area contributed by atoms with Crippen LogP contribution in [0, 0.1) is 11.8 Å². The van der Waals surface area contributed by atoms with E-state index in [4.69, 9.17) is 4.74 Å². The molecule has 1 aliphatic rings. The molecule has 0 N–H and O–H groups in total. The number of nitrogens with zero attached hydrogens (tertiary/aromatic N) is 2. The maximum absolute atomic E-state index is 12.8. The van der Waals surface area contributed by atoms with Gasteiger partial charge in [0, 0.05) is 25.5 Å². The molecule has 7 nitrogen and oxygen atoms in total. The minimum atomic E-state index is -3.52. The predicted octanol–water partition coefficient (Wildman–Crippen LogP) is 1.61. The lowest BCUT2D eigenvalue weighted by Gasteiger charge is -2.31. The number of sulfonamides is 1. The van der Waals surface area contributed by atoms with E-state index in [1.165, 1.54) is 9.21 Å². The Bertz CT molecular complexity index is 588. The molecule has 0 radical (unpaired) electrons. The van der Waals surface area contributed by atoms with Crippen molar-refractivity contribution >= 4 is 21.9 Å². The fraction of sp³-hybridized carbons (Fsp3) is 0.765. The van der Waals surface area contributed by atoms with Gasteiger partial charge in [0.2, 0.25) is 15.9 Å². The Kier molecular flexibility index (Phi) is 8.08. The van der Waals surface area contributed by atoms with E-state index in [-0.39, 0.29) is 24.9 Å². The molecule has 0 unspecified atom stereocenters. The van der Waals surface area contributed by atoms with Gasteiger partial charge in [-0.05, 0) is 18.8 Å². The highest BCUT2D eigenvalue weighted by atomic mass is 32.2. The highest BCUT2D eigenvalue weighted by molar-refractivity contribution is 7.92. The lowest BCUT2D eigenvalue weighted by molar-refractivity contribution is -0.157. The van der Waals surface area contributed by atoms with Crippen LogP contribution in [0.1, 0.15) is 40.0 Å². The van der Waals surface area contributed by atoms with Gasteiger partial charge >= 0.3 is 5.97 Å². The number of carbonyl (C=O) groups excluding carboxylic acids is 2. The summed E-state index contributed by atoms with van der Waals surface area (Å²) in [4.78, 5) is 26.5. The van der Waals surface area contributed by atoms with Gasteiger partial charge in [-0.1, -0.05) is 33.8 Å². The molecule has 0 spiro atoms. The SMILES string of the molecule is C=CS(=O)(=O)N1CC[C@H](C(=O)N(C)[C@H](C(=O)OCCCC)C(C)C)C1. The Labute approximate surface area is 151 Å². The second-order valence-corrected chi connectivity index (χ2v) is 8.59. The first-order valence-corrected chi connectivity index (χ1v) is 10.2. The van der Waals surface area contributed by atoms with Crippen LogP contribution in [0.5, 0.6) is 0 Å². The van der Waals surface area contributed by atoms with Gasteiger partial charge in [0.15, 0.2) is 0 Å². The van der Waals surface area contributed by atoms with Crippen molar-refractivity contribution in [1.82, 2.24) is 9.21 Å². The number of esters is 1. The summed E-state index contributed by atoms with van der Waals surface area (Å²) < 4.78 is 30.2. The van der Waals surface area contributed by atoms with Crippen LogP contribution in [0.15, 0.2) is 12.0 Å². The normalized spacial score (nSPS) is 19.6. The molecule has 0 aliphatic carbocycles. The van der Waals surface area contributed by atoms with E-state index in [1.807, 2.05) is 20.8 Å². The number of carbonyl (C=O) groups is 2. The van der Waals surface area contributed by atoms with Crippen LogP contribution in [0.4, 0.5) is 0 Å². The number of hydrogen-bond donors (Lipinski definition) is 0. The van der Waals surface area contributed by atoms with Crippen molar-refractivity contribution in [2.75, 3.05) is 26.7 Å². The minimum Gasteiger partial charge on any atom is -0.464 e. The monoisotopic (exact) mass is 374 g/mol. The van der Waals surface area contributed by atoms with Gasteiger partial charge in [0.1, 0.15) is 6.04 Å². The molecule has 25 heavy (non-hydrogen) atoms. The van der Waals surface area contributed by atoms with Crippen molar-refractivity contribution in [3.8, 4) is 0 Å². The Morgan fingerprint density at radius 1 is 1.40 bits per heavy atom. The van der Waals surface area contributed by atoms with Crippen molar-refractivity contribution in [1.29, 1.82) is 0 Å². The van der Waals surface area contributed by atoms with Gasteiger partial charge < -0.3 is 9.64 Å². The summed E-state index contributed by atoms with van der Waals surface area (Å²) in [5.41, 5.74) is 0. The Morgan fingerprint density at radius 2 is 2.04 bits per heavy atom. The van der Waals surface area contributed by atoms with Gasteiger partial charge in [0.05, 0.1) is 12.5 Å². The third-order valence-electron chi connectivity index (χ3n) is 4.45. The Hall–Kier alpha value is -1.41. The second-order valence-electron chi connectivity index (χ2n) is 6.71. The maximum atomic E-state index is 12.8. The van der Waals surface area contributed by atoms with Crippen LogP contribution in [-0.4, -0.2) is 62.3 Å². The largest absolute Gasteiger partial charge is 0.464 e. The van der Waals surface area contributed by atoms with E-state index < -0.39 is 28.0 Å². The van der Waals surface area contributed by atoms with Crippen LogP contribution in [0.25, 0.3) is 0 Å². The molecule has 1 heterocycles. The second kappa shape index (κ2) is 9.33. The van der Waals surface area contributed by atoms with Gasteiger partial charge in [-0.25, -0.2) is 13.2 Å². The molecule has 1 saturated heterocycles. The van der Waals surface area contributed by atoms with Crippen LogP contribution in [0.2, 0.25) is 0 Å². The average molecular weight is 375 g/mol. The first kappa shape index (κ1) is 21.6. The molecule has 1 aliphatic heterocycles. The highest BCUT2D eigenvalue weighted by Crippen LogP contribution is 2.24. The number of unbranched alkanes of at least 4 members (excludes halogenated alkanes) is 1. The van der Waals surface area contributed by atoms with E-state index in [0.717, 1.165) is 18.2 Å². The predicted molar refractivity (Wildman–Crippen MR) is 96.1 cm³/mol. The third kappa shape index (κ3) is 5.54. The molecule has 1 fully saturated rings. The van der Waals surface area contributed by atoms with E-state index in [1.54, 1.807) is 7.05 Å². The van der Waals surface area contributed by atoms with Crippen molar-refractivity contribution in [2.24, 2.45) is 11.8 Å². The fourth-order valence-electron chi connectivity index (χ4n) is 2.97. The summed E-state index contributed by atoms with van der Waals surface area (Å²) in [6.07, 6.45) is 2.14. The van der Waals surface area contributed by atoms with E-state index in [0.29, 0.717) is 13.0 Å². The highest BCUT2D eigenvalue weighted by Gasteiger charge is 2.39. The summed E-state index contributed by atoms with van der Waals surface area (Å²) >= 11 is 0. The lowest BCUT2D eigenvalue weighted by atomic mass is 10.00. The average Bonchev–Trinajstić information content (AvgIpc) is 3.04. The quantitative estimate of drug-likeness (QED) is 0.452. The van der Waals surface area contributed by atoms with Crippen molar-refractivity contribution in [3.63, 3.8) is 0 Å². The standard InChI is InChI=1S/C17H30N2O5S/c1-6-8-11-24-17(21)15(13(3)4)18(5)16(20)14-9-10-19(12-14)25(22,23)7-2/h7,13-15H,2,6,8-12H2,1,3-5H3/t14-,15-/m0/s1. The lowest BCUT2D eigenvalue weighted by Crippen LogP contribution is -2.49. The summed E-state index contributed by atoms with van der Waals surface area (Å²) in [6, 6.07) is -0.672. The summed E-state index contributed by atoms with van der Waals surface area (Å²) in [5, 5.41) is 0.894. The Morgan fingerprint density at radius 3 is 2.56 bits per heavy atom. The molecular weight excluding hydrogens is 344 g/mol. The third-order valence-corrected chi connectivity index (χ3v) is 5.92. The van der Waals surface area contributed by atoms with E-state index >= 15 is 0 Å². The zero-order chi connectivity index (χ0) is 19.2. The van der Waals surface area contributed by atoms with Crippen molar-refractivity contribution in [3.05, 3.63) is 12.0 Å². The maximum Gasteiger partial charge on any atom is 0.329 e. The molecule has 0 aromatic rings. The summed E-state index contributed by atoms with van der Waals surface area (Å²) in [7, 11) is -1.94. The molecular formula is C17H30N2O5S. The molecule has 0 aromatic heterocycles. The molecule has 0 bridgehead atoms. The van der Waals surface area contributed by atoms with Gasteiger partial charge in [0.25, 0.3) is 0 Å². The molecule has 0 saturated carbocycles. The van der Waals surface area contributed by atoms with Gasteiger partial charge in [-0.3, -0.25) is 4.79 Å². The molecule has 8 heteroatoms. The minimum absolute atomic E-state index is 0.0995. The van der Waals surface area contributed by atoms with Crippen LogP contribution in [-0.2, 0) is 24.3 Å². The molecule has 0 aromatic carbocycles. The van der Waals surface area contributed by atoms with Crippen molar-refractivity contribution < 1.29 is 22.7 Å². The Balaban J connectivity index is 2.78. The van der Waals surface area contributed by atoms with Gasteiger partial charge in [-0.15, -0.1) is 0 Å². The number of ether oxygens (including phenoxy) is 1. The summed E-state index contributed by atoms with van der Waals surface area (Å²) in [6.45, 7) is 9.78. The number of amides is 1. The van der Waals surface area contributed by atoms with Crippen LogP contribution in [0.3, 0.4) is 0 Å². The molecule has 2 atom stereocenters. The number of hydrogen-bond acceptors (Lipinski definition) is 5. The topological polar surface area (TPSA) is 84.0 Å². The van der Waals surface area contributed by atoms with Crippen LogP contribution >= 0.6 is 0 Å². The zero-order valence-corrected chi connectivity index (χ0v) is 16.4. The van der Waals surface area contributed by atoms with E-state index in [2.05, 4.69) is 6.58 Å². The van der Waals surface area contributed by atoms with E-state index in [9.17, 15) is 18.0 Å². The van der Waals surface area contributed by atoms with Crippen molar-refractivity contribution in [2.45, 2.75) is 46.1 Å². The molecule has 144 valence electrons.